The molecule has 15 heavy (non-hydrogen) atoms. The minimum Gasteiger partial charge on any atom is -0.464 e. The van der Waals surface area contributed by atoms with Gasteiger partial charge in [-0.3, -0.25) is 0 Å². The lowest BCUT2D eigenvalue weighted by atomic mass is 10.7. The predicted octanol–water partition coefficient (Wildman–Crippen LogP) is 0.886. The average molecular weight is 209 g/mol. The summed E-state index contributed by atoms with van der Waals surface area (Å²) in [6, 6.07) is 0.881. The van der Waals surface area contributed by atoms with Crippen molar-refractivity contribution in [2.45, 2.75) is 25.8 Å². The van der Waals surface area contributed by atoms with Gasteiger partial charge in [-0.05, 0) is 19.8 Å². The van der Waals surface area contributed by atoms with Gasteiger partial charge in [0.25, 0.3) is 0 Å². The molecule has 6 heteroatoms. The maximum atomic E-state index is 5.25. The zero-order chi connectivity index (χ0) is 10.7. The number of aromatic nitrogens is 3. The third-order valence-corrected chi connectivity index (χ3v) is 2.02. The third-order valence-electron chi connectivity index (χ3n) is 2.02. The summed E-state index contributed by atoms with van der Waals surface area (Å²) >= 11 is 0. The van der Waals surface area contributed by atoms with Crippen molar-refractivity contribution in [2.75, 3.05) is 24.3 Å². The molecule has 1 heterocycles. The van der Waals surface area contributed by atoms with E-state index in [4.69, 9.17) is 4.74 Å². The highest BCUT2D eigenvalue weighted by atomic mass is 16.5. The van der Waals surface area contributed by atoms with Gasteiger partial charge in [0.05, 0.1) is 6.61 Å². The van der Waals surface area contributed by atoms with Crippen LogP contribution in [-0.2, 0) is 0 Å². The predicted molar refractivity (Wildman–Crippen MR) is 57.2 cm³/mol. The second kappa shape index (κ2) is 4.29. The number of hydrogen-bond donors (Lipinski definition) is 2. The lowest BCUT2D eigenvalue weighted by Crippen LogP contribution is -2.10. The van der Waals surface area contributed by atoms with E-state index < -0.39 is 0 Å². The van der Waals surface area contributed by atoms with Crippen LogP contribution >= 0.6 is 0 Å². The molecule has 0 amide bonds. The molecule has 1 aliphatic carbocycles. The number of hydrogen-bond acceptors (Lipinski definition) is 6. The molecule has 2 N–H and O–H groups in total. The number of nitrogens with zero attached hydrogens (tertiary/aromatic N) is 3. The topological polar surface area (TPSA) is 72.0 Å². The van der Waals surface area contributed by atoms with Crippen LogP contribution in [0.5, 0.6) is 6.01 Å². The summed E-state index contributed by atoms with van der Waals surface area (Å²) in [6.07, 6.45) is 2.37. The summed E-state index contributed by atoms with van der Waals surface area (Å²) in [7, 11) is 1.77. The molecule has 0 unspecified atom stereocenters. The summed E-state index contributed by atoms with van der Waals surface area (Å²) in [4.78, 5) is 12.4. The van der Waals surface area contributed by atoms with Gasteiger partial charge in [0.2, 0.25) is 11.9 Å². The molecular weight excluding hydrogens is 194 g/mol. The Balaban J connectivity index is 2.15. The maximum absolute atomic E-state index is 5.25. The first-order valence-electron chi connectivity index (χ1n) is 5.15. The summed E-state index contributed by atoms with van der Waals surface area (Å²) in [5, 5.41) is 6.08. The summed E-state index contributed by atoms with van der Waals surface area (Å²) in [6.45, 7) is 2.45. The van der Waals surface area contributed by atoms with Gasteiger partial charge >= 0.3 is 6.01 Å². The van der Waals surface area contributed by atoms with Crippen molar-refractivity contribution < 1.29 is 4.74 Å². The van der Waals surface area contributed by atoms with Crippen LogP contribution in [0.25, 0.3) is 0 Å². The van der Waals surface area contributed by atoms with E-state index in [1.165, 1.54) is 12.8 Å². The van der Waals surface area contributed by atoms with Crippen molar-refractivity contribution in [2.24, 2.45) is 0 Å². The summed E-state index contributed by atoms with van der Waals surface area (Å²) in [5.41, 5.74) is 0. The minimum atomic E-state index is 0.361. The van der Waals surface area contributed by atoms with Gasteiger partial charge in [0.15, 0.2) is 0 Å². The fourth-order valence-corrected chi connectivity index (χ4v) is 1.14. The van der Waals surface area contributed by atoms with Crippen molar-refractivity contribution in [1.82, 2.24) is 15.0 Å². The average Bonchev–Trinajstić information content (AvgIpc) is 3.02. The molecule has 0 atom stereocenters. The molecule has 0 aliphatic heterocycles. The first-order chi connectivity index (χ1) is 7.31. The third kappa shape index (κ3) is 2.68. The summed E-state index contributed by atoms with van der Waals surface area (Å²) in [5.74, 6) is 1.11. The number of nitrogens with one attached hydrogen (secondary N) is 2. The van der Waals surface area contributed by atoms with Crippen LogP contribution < -0.4 is 15.4 Å². The van der Waals surface area contributed by atoms with Crippen LogP contribution in [0.15, 0.2) is 0 Å². The van der Waals surface area contributed by atoms with E-state index in [0.29, 0.717) is 30.6 Å². The molecule has 1 saturated carbocycles. The minimum absolute atomic E-state index is 0.361. The van der Waals surface area contributed by atoms with E-state index in [2.05, 4.69) is 25.6 Å². The Morgan fingerprint density at radius 3 is 2.60 bits per heavy atom. The maximum Gasteiger partial charge on any atom is 0.323 e. The lowest BCUT2D eigenvalue weighted by Gasteiger charge is -2.07. The van der Waals surface area contributed by atoms with E-state index in [1.54, 1.807) is 7.05 Å². The van der Waals surface area contributed by atoms with Crippen LogP contribution in [0.1, 0.15) is 19.8 Å². The highest BCUT2D eigenvalue weighted by Crippen LogP contribution is 2.23. The molecular formula is C9H15N5O. The zero-order valence-electron chi connectivity index (χ0n) is 8.95. The van der Waals surface area contributed by atoms with Crippen molar-refractivity contribution in [3.05, 3.63) is 0 Å². The van der Waals surface area contributed by atoms with Gasteiger partial charge in [-0.2, -0.15) is 15.0 Å². The van der Waals surface area contributed by atoms with E-state index in [1.807, 2.05) is 6.92 Å². The molecule has 6 nitrogen and oxygen atoms in total. The van der Waals surface area contributed by atoms with Gasteiger partial charge in [-0.1, -0.05) is 0 Å². The van der Waals surface area contributed by atoms with Crippen molar-refractivity contribution in [1.29, 1.82) is 0 Å². The first-order valence-corrected chi connectivity index (χ1v) is 5.15. The second-order valence-electron chi connectivity index (χ2n) is 3.37. The SMILES string of the molecule is CCOc1nc(NC)nc(NC2CC2)n1. The Kier molecular flexibility index (Phi) is 2.84. The molecule has 2 rings (SSSR count). The van der Waals surface area contributed by atoms with E-state index in [-0.39, 0.29) is 0 Å². The molecule has 82 valence electrons. The highest BCUT2D eigenvalue weighted by molar-refractivity contribution is 5.37. The fraction of sp³-hybridized carbons (Fsp3) is 0.667. The van der Waals surface area contributed by atoms with E-state index in [9.17, 15) is 0 Å². The molecule has 0 bridgehead atoms. The second-order valence-corrected chi connectivity index (χ2v) is 3.37. The molecule has 1 aliphatic rings. The van der Waals surface area contributed by atoms with Crippen molar-refractivity contribution in [3.63, 3.8) is 0 Å². The Morgan fingerprint density at radius 2 is 2.00 bits per heavy atom. The van der Waals surface area contributed by atoms with E-state index >= 15 is 0 Å². The largest absolute Gasteiger partial charge is 0.464 e. The van der Waals surface area contributed by atoms with Crippen molar-refractivity contribution in [3.8, 4) is 6.01 Å². The highest BCUT2D eigenvalue weighted by Gasteiger charge is 2.22. The van der Waals surface area contributed by atoms with Gasteiger partial charge in [0.1, 0.15) is 0 Å². The lowest BCUT2D eigenvalue weighted by molar-refractivity contribution is 0.312. The Labute approximate surface area is 88.5 Å². The molecule has 1 aromatic rings. The van der Waals surface area contributed by atoms with Crippen LogP contribution in [0.4, 0.5) is 11.9 Å². The first kappa shape index (κ1) is 9.95. The number of ether oxygens (including phenoxy) is 1. The Bertz CT molecular complexity index is 339. The molecule has 1 fully saturated rings. The molecule has 0 radical (unpaired) electrons. The Hall–Kier alpha value is -1.59. The quantitative estimate of drug-likeness (QED) is 0.750. The normalized spacial score (nSPS) is 14.8. The van der Waals surface area contributed by atoms with Crippen molar-refractivity contribution >= 4 is 11.9 Å². The smallest absolute Gasteiger partial charge is 0.323 e. The summed E-state index contributed by atoms with van der Waals surface area (Å²) < 4.78 is 5.25. The zero-order valence-corrected chi connectivity index (χ0v) is 8.95. The molecule has 0 spiro atoms. The van der Waals surface area contributed by atoms with Crippen LogP contribution in [0.2, 0.25) is 0 Å². The van der Waals surface area contributed by atoms with Crippen LogP contribution in [0, 0.1) is 0 Å². The monoisotopic (exact) mass is 209 g/mol. The molecule has 0 aromatic carbocycles. The van der Waals surface area contributed by atoms with Gasteiger partial charge in [0, 0.05) is 13.1 Å². The van der Waals surface area contributed by atoms with Gasteiger partial charge in [-0.25, -0.2) is 0 Å². The number of rotatable bonds is 5. The van der Waals surface area contributed by atoms with Gasteiger partial charge < -0.3 is 15.4 Å². The molecule has 0 saturated heterocycles. The van der Waals surface area contributed by atoms with Crippen LogP contribution in [-0.4, -0.2) is 34.6 Å². The van der Waals surface area contributed by atoms with Gasteiger partial charge in [-0.15, -0.1) is 0 Å². The van der Waals surface area contributed by atoms with E-state index in [0.717, 1.165) is 0 Å². The fourth-order valence-electron chi connectivity index (χ4n) is 1.14. The molecule has 1 aromatic heterocycles. The Morgan fingerprint density at radius 1 is 1.27 bits per heavy atom. The van der Waals surface area contributed by atoms with Crippen LogP contribution in [0.3, 0.4) is 0 Å². The number of anilines is 2. The standard InChI is InChI=1S/C9H15N5O/c1-3-15-9-13-7(10-2)12-8(14-9)11-6-4-5-6/h6H,3-5H2,1-2H3,(H2,10,11,12,13,14).